The minimum atomic E-state index is 0.0403. The quantitative estimate of drug-likeness (QED) is 0.774. The summed E-state index contributed by atoms with van der Waals surface area (Å²) in [6, 6.07) is 0.157. The Morgan fingerprint density at radius 1 is 0.920 bits per heavy atom. The van der Waals surface area contributed by atoms with E-state index in [1.165, 1.54) is 32.1 Å². The van der Waals surface area contributed by atoms with Crippen LogP contribution in [0.4, 0.5) is 0 Å². The van der Waals surface area contributed by atoms with Crippen molar-refractivity contribution in [2.45, 2.75) is 89.5 Å². The fraction of sp³-hybridized carbons (Fsp3) is 0.905. The molecule has 142 valence electrons. The normalized spacial score (nSPS) is 29.6. The van der Waals surface area contributed by atoms with Crippen molar-refractivity contribution in [2.75, 3.05) is 20.1 Å². The lowest BCUT2D eigenvalue weighted by atomic mass is 9.97. The van der Waals surface area contributed by atoms with Crippen molar-refractivity contribution in [3.05, 3.63) is 0 Å². The first kappa shape index (κ1) is 18.7. The van der Waals surface area contributed by atoms with Crippen LogP contribution in [0, 0.1) is 11.8 Å². The van der Waals surface area contributed by atoms with Crippen LogP contribution in [0.25, 0.3) is 0 Å². The lowest BCUT2D eigenvalue weighted by Gasteiger charge is -2.34. The monoisotopic (exact) mass is 348 g/mol. The Labute approximate surface area is 153 Å². The van der Waals surface area contributed by atoms with E-state index in [0.29, 0.717) is 12.3 Å². The Bertz CT molecular complexity index is 459. The van der Waals surface area contributed by atoms with E-state index in [-0.39, 0.29) is 17.9 Å². The van der Waals surface area contributed by atoms with Crippen molar-refractivity contribution in [3.8, 4) is 0 Å². The molecule has 0 bridgehead atoms. The SMILES string of the molecule is CN1CCCCCCN(C(=O)CCC2CCCC2)[C@H]2CCC[C@H]2C1=O. The zero-order valence-corrected chi connectivity index (χ0v) is 16.0. The zero-order chi connectivity index (χ0) is 17.6. The van der Waals surface area contributed by atoms with Gasteiger partial charge >= 0.3 is 0 Å². The number of nitrogens with zero attached hydrogens (tertiary/aromatic N) is 2. The van der Waals surface area contributed by atoms with Crippen LogP contribution in [-0.4, -0.2) is 47.8 Å². The zero-order valence-electron chi connectivity index (χ0n) is 16.0. The Morgan fingerprint density at radius 2 is 1.64 bits per heavy atom. The molecule has 4 nitrogen and oxygen atoms in total. The van der Waals surface area contributed by atoms with E-state index in [4.69, 9.17) is 0 Å². The van der Waals surface area contributed by atoms with Gasteiger partial charge in [-0.3, -0.25) is 9.59 Å². The van der Waals surface area contributed by atoms with Crippen LogP contribution in [0.3, 0.4) is 0 Å². The maximum atomic E-state index is 13.0. The average molecular weight is 349 g/mol. The molecule has 0 aromatic heterocycles. The summed E-state index contributed by atoms with van der Waals surface area (Å²) in [6.45, 7) is 1.74. The molecule has 0 aromatic rings. The summed E-state index contributed by atoms with van der Waals surface area (Å²) in [5.41, 5.74) is 0. The van der Waals surface area contributed by atoms with Gasteiger partial charge in [-0.1, -0.05) is 44.9 Å². The van der Waals surface area contributed by atoms with Gasteiger partial charge < -0.3 is 9.80 Å². The van der Waals surface area contributed by atoms with E-state index in [9.17, 15) is 9.59 Å². The van der Waals surface area contributed by atoms with Crippen molar-refractivity contribution in [3.63, 3.8) is 0 Å². The molecule has 4 heteroatoms. The van der Waals surface area contributed by atoms with E-state index in [1.807, 2.05) is 11.9 Å². The fourth-order valence-electron chi connectivity index (χ4n) is 5.23. The highest BCUT2D eigenvalue weighted by molar-refractivity contribution is 5.82. The predicted molar refractivity (Wildman–Crippen MR) is 100 cm³/mol. The molecule has 1 heterocycles. The summed E-state index contributed by atoms with van der Waals surface area (Å²) >= 11 is 0. The van der Waals surface area contributed by atoms with Crippen molar-refractivity contribution in [1.82, 2.24) is 9.80 Å². The molecule has 1 aliphatic heterocycles. The number of fused-ring (bicyclic) bond motifs is 1. The van der Waals surface area contributed by atoms with E-state index >= 15 is 0 Å². The van der Waals surface area contributed by atoms with Gasteiger partial charge in [0.2, 0.25) is 11.8 Å². The van der Waals surface area contributed by atoms with Crippen LogP contribution in [0.15, 0.2) is 0 Å². The van der Waals surface area contributed by atoms with Crippen LogP contribution >= 0.6 is 0 Å². The van der Waals surface area contributed by atoms with Crippen LogP contribution in [0.5, 0.6) is 0 Å². The van der Waals surface area contributed by atoms with Crippen LogP contribution in [0.1, 0.15) is 83.5 Å². The lowest BCUT2D eigenvalue weighted by molar-refractivity contribution is -0.140. The molecule has 0 unspecified atom stereocenters. The third kappa shape index (κ3) is 4.77. The van der Waals surface area contributed by atoms with Gasteiger partial charge in [0, 0.05) is 32.6 Å². The smallest absolute Gasteiger partial charge is 0.227 e. The molecule has 1 saturated heterocycles. The van der Waals surface area contributed by atoms with Crippen LogP contribution in [0.2, 0.25) is 0 Å². The van der Waals surface area contributed by atoms with Gasteiger partial charge in [-0.25, -0.2) is 0 Å². The van der Waals surface area contributed by atoms with E-state index < -0.39 is 0 Å². The predicted octanol–water partition coefficient (Wildman–Crippen LogP) is 3.99. The minimum Gasteiger partial charge on any atom is -0.345 e. The second-order valence-electron chi connectivity index (χ2n) is 8.56. The Hall–Kier alpha value is -1.06. The van der Waals surface area contributed by atoms with Gasteiger partial charge in [0.25, 0.3) is 0 Å². The molecular weight excluding hydrogens is 312 g/mol. The highest BCUT2D eigenvalue weighted by Crippen LogP contribution is 2.34. The molecule has 3 rings (SSSR count). The largest absolute Gasteiger partial charge is 0.345 e. The highest BCUT2D eigenvalue weighted by Gasteiger charge is 2.39. The maximum Gasteiger partial charge on any atom is 0.227 e. The Balaban J connectivity index is 1.67. The number of amides is 2. The molecule has 0 spiro atoms. The second kappa shape index (κ2) is 9.05. The molecule has 2 saturated carbocycles. The number of carbonyl (C=O) groups excluding carboxylic acids is 2. The van der Waals surface area contributed by atoms with Crippen molar-refractivity contribution < 1.29 is 9.59 Å². The first-order valence-electron chi connectivity index (χ1n) is 10.7. The van der Waals surface area contributed by atoms with Crippen LogP contribution in [-0.2, 0) is 9.59 Å². The molecule has 0 N–H and O–H groups in total. The van der Waals surface area contributed by atoms with Gasteiger partial charge in [-0.05, 0) is 38.0 Å². The summed E-state index contributed by atoms with van der Waals surface area (Å²) in [5.74, 6) is 1.40. The lowest BCUT2D eigenvalue weighted by Crippen LogP contribution is -2.47. The summed E-state index contributed by atoms with van der Waals surface area (Å²) in [5, 5.41) is 0. The first-order valence-corrected chi connectivity index (χ1v) is 10.7. The van der Waals surface area contributed by atoms with E-state index in [2.05, 4.69) is 4.90 Å². The van der Waals surface area contributed by atoms with Gasteiger partial charge in [-0.15, -0.1) is 0 Å². The summed E-state index contributed by atoms with van der Waals surface area (Å²) in [4.78, 5) is 30.0. The first-order chi connectivity index (χ1) is 12.2. The topological polar surface area (TPSA) is 40.6 Å². The van der Waals surface area contributed by atoms with Gasteiger partial charge in [0.15, 0.2) is 0 Å². The summed E-state index contributed by atoms with van der Waals surface area (Å²) < 4.78 is 0. The molecule has 25 heavy (non-hydrogen) atoms. The molecule has 3 fully saturated rings. The second-order valence-corrected chi connectivity index (χ2v) is 8.56. The van der Waals surface area contributed by atoms with Gasteiger partial charge in [0.1, 0.15) is 0 Å². The van der Waals surface area contributed by atoms with Crippen molar-refractivity contribution in [1.29, 1.82) is 0 Å². The van der Waals surface area contributed by atoms with E-state index in [0.717, 1.165) is 64.0 Å². The molecule has 2 atom stereocenters. The van der Waals surface area contributed by atoms with E-state index in [1.54, 1.807) is 0 Å². The molecule has 2 aliphatic carbocycles. The standard InChI is InChI=1S/C21H36N2O2/c1-22-15-6-2-3-7-16-23(19-12-8-11-18(19)21(22)25)20(24)14-13-17-9-4-5-10-17/h17-19H,2-16H2,1H3/t18-,19+/m1/s1. The number of hydrogen-bond donors (Lipinski definition) is 0. The Morgan fingerprint density at radius 3 is 2.40 bits per heavy atom. The third-order valence-corrected chi connectivity index (χ3v) is 6.78. The maximum absolute atomic E-state index is 13.0. The fourth-order valence-corrected chi connectivity index (χ4v) is 5.23. The summed E-state index contributed by atoms with van der Waals surface area (Å²) in [7, 11) is 1.95. The van der Waals surface area contributed by atoms with Gasteiger partial charge in [-0.2, -0.15) is 0 Å². The molecule has 0 radical (unpaired) electrons. The number of carbonyl (C=O) groups is 2. The Kier molecular flexibility index (Phi) is 6.77. The molecule has 0 aromatic carbocycles. The van der Waals surface area contributed by atoms with Crippen molar-refractivity contribution >= 4 is 11.8 Å². The molecule has 3 aliphatic rings. The molecular formula is C21H36N2O2. The minimum absolute atomic E-state index is 0.0403. The number of rotatable bonds is 3. The highest BCUT2D eigenvalue weighted by atomic mass is 16.2. The summed E-state index contributed by atoms with van der Waals surface area (Å²) in [6.07, 6.45) is 14.6. The van der Waals surface area contributed by atoms with Crippen molar-refractivity contribution in [2.24, 2.45) is 11.8 Å². The van der Waals surface area contributed by atoms with Crippen LogP contribution < -0.4 is 0 Å². The third-order valence-electron chi connectivity index (χ3n) is 6.78. The molecule has 2 amide bonds. The van der Waals surface area contributed by atoms with Gasteiger partial charge in [0.05, 0.1) is 5.92 Å². The number of hydrogen-bond acceptors (Lipinski definition) is 2. The average Bonchev–Trinajstić information content (AvgIpc) is 3.29.